The van der Waals surface area contributed by atoms with Crippen molar-refractivity contribution in [1.29, 1.82) is 0 Å². The second-order valence-electron chi connectivity index (χ2n) is 4.21. The lowest BCUT2D eigenvalue weighted by Gasteiger charge is -2.15. The summed E-state index contributed by atoms with van der Waals surface area (Å²) in [6, 6.07) is 8.90. The highest BCUT2D eigenvalue weighted by Crippen LogP contribution is 2.28. The normalized spacial score (nSPS) is 12.5. The molecule has 0 bridgehead atoms. The average molecular weight is 319 g/mol. The van der Waals surface area contributed by atoms with Gasteiger partial charge in [0.1, 0.15) is 5.82 Å². The molecule has 19 heavy (non-hydrogen) atoms. The summed E-state index contributed by atoms with van der Waals surface area (Å²) in [5.74, 6) is -0.364. The summed E-state index contributed by atoms with van der Waals surface area (Å²) in [4.78, 5) is 0. The molecule has 0 aromatic heterocycles. The van der Waals surface area contributed by atoms with Gasteiger partial charge >= 0.3 is 0 Å². The number of nitrogens with two attached hydrogens (primary N) is 1. The van der Waals surface area contributed by atoms with Crippen molar-refractivity contribution in [3.05, 3.63) is 68.4 Å². The van der Waals surface area contributed by atoms with E-state index in [2.05, 4.69) is 0 Å². The monoisotopic (exact) mass is 317 g/mol. The topological polar surface area (TPSA) is 26.0 Å². The van der Waals surface area contributed by atoms with Crippen LogP contribution in [0.3, 0.4) is 0 Å². The molecule has 0 amide bonds. The molecule has 1 nitrogen and oxygen atoms in total. The Morgan fingerprint density at radius 2 is 1.74 bits per heavy atom. The van der Waals surface area contributed by atoms with Gasteiger partial charge in [-0.25, -0.2) is 4.39 Å². The van der Waals surface area contributed by atoms with Crippen LogP contribution in [-0.2, 0) is 6.42 Å². The van der Waals surface area contributed by atoms with E-state index in [0.29, 0.717) is 27.1 Å². The van der Waals surface area contributed by atoms with Crippen molar-refractivity contribution >= 4 is 34.8 Å². The van der Waals surface area contributed by atoms with E-state index in [9.17, 15) is 4.39 Å². The van der Waals surface area contributed by atoms with Gasteiger partial charge in [-0.1, -0.05) is 40.9 Å². The molecule has 5 heteroatoms. The summed E-state index contributed by atoms with van der Waals surface area (Å²) in [5.41, 5.74) is 7.47. The van der Waals surface area contributed by atoms with Crippen LogP contribution in [0.1, 0.15) is 17.2 Å². The first-order valence-electron chi connectivity index (χ1n) is 5.62. The molecule has 100 valence electrons. The molecular weight excluding hydrogens is 308 g/mol. The van der Waals surface area contributed by atoms with E-state index in [0.717, 1.165) is 5.56 Å². The number of hydrogen-bond donors (Lipinski definition) is 1. The van der Waals surface area contributed by atoms with Crippen LogP contribution in [0.15, 0.2) is 36.4 Å². The molecule has 0 aliphatic heterocycles. The van der Waals surface area contributed by atoms with Crippen LogP contribution >= 0.6 is 34.8 Å². The van der Waals surface area contributed by atoms with Gasteiger partial charge in [-0.2, -0.15) is 0 Å². The van der Waals surface area contributed by atoms with E-state index >= 15 is 0 Å². The fourth-order valence-corrected chi connectivity index (χ4v) is 2.58. The van der Waals surface area contributed by atoms with E-state index in [-0.39, 0.29) is 5.82 Å². The zero-order chi connectivity index (χ0) is 14.0. The molecule has 1 unspecified atom stereocenters. The van der Waals surface area contributed by atoms with Crippen molar-refractivity contribution in [1.82, 2.24) is 0 Å². The van der Waals surface area contributed by atoms with Crippen LogP contribution in [-0.4, -0.2) is 0 Å². The molecule has 0 heterocycles. The van der Waals surface area contributed by atoms with E-state index in [4.69, 9.17) is 40.5 Å². The lowest BCUT2D eigenvalue weighted by atomic mass is 9.99. The Hall–Kier alpha value is -0.800. The lowest BCUT2D eigenvalue weighted by molar-refractivity contribution is 0.618. The van der Waals surface area contributed by atoms with Gasteiger partial charge in [0.05, 0.1) is 0 Å². The molecule has 1 atom stereocenters. The van der Waals surface area contributed by atoms with Gasteiger partial charge < -0.3 is 5.73 Å². The molecule has 0 fully saturated rings. The van der Waals surface area contributed by atoms with Gasteiger partial charge in [-0.3, -0.25) is 0 Å². The van der Waals surface area contributed by atoms with Crippen LogP contribution < -0.4 is 5.73 Å². The highest BCUT2D eigenvalue weighted by molar-refractivity contribution is 6.35. The highest BCUT2D eigenvalue weighted by atomic mass is 35.5. The Morgan fingerprint density at radius 1 is 1.00 bits per heavy atom. The Bertz CT molecular complexity index is 601. The highest BCUT2D eigenvalue weighted by Gasteiger charge is 2.14. The van der Waals surface area contributed by atoms with Crippen LogP contribution in [0, 0.1) is 5.82 Å². The Kier molecular flexibility index (Phi) is 4.69. The fourth-order valence-electron chi connectivity index (χ4n) is 1.83. The molecule has 0 saturated carbocycles. The third-order valence-corrected chi connectivity index (χ3v) is 3.74. The zero-order valence-corrected chi connectivity index (χ0v) is 12.1. The largest absolute Gasteiger partial charge is 0.324 e. The van der Waals surface area contributed by atoms with Gasteiger partial charge in [0.2, 0.25) is 0 Å². The van der Waals surface area contributed by atoms with E-state index in [1.54, 1.807) is 18.2 Å². The van der Waals surface area contributed by atoms with Crippen molar-refractivity contribution < 1.29 is 4.39 Å². The van der Waals surface area contributed by atoms with Crippen LogP contribution in [0.2, 0.25) is 15.1 Å². The third-order valence-electron chi connectivity index (χ3n) is 2.81. The van der Waals surface area contributed by atoms with Crippen molar-refractivity contribution in [2.75, 3.05) is 0 Å². The Labute approximate surface area is 126 Å². The predicted molar refractivity (Wildman–Crippen MR) is 78.5 cm³/mol. The molecule has 0 aliphatic rings. The molecule has 2 rings (SSSR count). The van der Waals surface area contributed by atoms with Crippen molar-refractivity contribution in [2.24, 2.45) is 5.73 Å². The van der Waals surface area contributed by atoms with Gasteiger partial charge in [0.25, 0.3) is 0 Å². The van der Waals surface area contributed by atoms with Crippen molar-refractivity contribution in [3.8, 4) is 0 Å². The molecule has 0 spiro atoms. The maximum atomic E-state index is 13.2. The summed E-state index contributed by atoms with van der Waals surface area (Å²) >= 11 is 17.9. The van der Waals surface area contributed by atoms with Crippen LogP contribution in [0.4, 0.5) is 4.39 Å². The summed E-state index contributed by atoms with van der Waals surface area (Å²) in [5, 5.41) is 1.54. The molecule has 2 aromatic rings. The summed E-state index contributed by atoms with van der Waals surface area (Å²) in [6.07, 6.45) is 0.458. The smallest absolute Gasteiger partial charge is 0.123 e. The number of halogens is 4. The first-order valence-corrected chi connectivity index (χ1v) is 6.75. The van der Waals surface area contributed by atoms with Gasteiger partial charge in [0.15, 0.2) is 0 Å². The molecule has 0 saturated heterocycles. The zero-order valence-electron chi connectivity index (χ0n) is 9.84. The number of rotatable bonds is 3. The molecule has 2 N–H and O–H groups in total. The van der Waals surface area contributed by atoms with Gasteiger partial charge in [0, 0.05) is 21.1 Å². The maximum Gasteiger partial charge on any atom is 0.123 e. The van der Waals surface area contributed by atoms with Crippen molar-refractivity contribution in [2.45, 2.75) is 12.5 Å². The second kappa shape index (κ2) is 6.10. The molecule has 0 aliphatic carbocycles. The minimum atomic E-state index is -0.429. The van der Waals surface area contributed by atoms with E-state index < -0.39 is 6.04 Å². The fraction of sp³-hybridized carbons (Fsp3) is 0.143. The lowest BCUT2D eigenvalue weighted by Crippen LogP contribution is -2.14. The first kappa shape index (κ1) is 14.6. The SMILES string of the molecule is NC(Cc1ccc(Cl)cc1Cl)c1cc(F)ccc1Cl. The Balaban J connectivity index is 2.25. The second-order valence-corrected chi connectivity index (χ2v) is 5.46. The quantitative estimate of drug-likeness (QED) is 0.844. The maximum absolute atomic E-state index is 13.2. The standard InChI is InChI=1S/C14H11Cl3FN/c15-9-2-1-8(13(17)6-9)5-14(19)11-7-10(18)3-4-12(11)16/h1-4,6-7,14H,5,19H2. The minimum absolute atomic E-state index is 0.364. The summed E-state index contributed by atoms with van der Waals surface area (Å²) in [6.45, 7) is 0. The van der Waals surface area contributed by atoms with E-state index in [1.807, 2.05) is 0 Å². The van der Waals surface area contributed by atoms with Crippen LogP contribution in [0.5, 0.6) is 0 Å². The van der Waals surface area contributed by atoms with E-state index in [1.165, 1.54) is 18.2 Å². The van der Waals surface area contributed by atoms with Gasteiger partial charge in [-0.15, -0.1) is 0 Å². The summed E-state index contributed by atoms with van der Waals surface area (Å²) in [7, 11) is 0. The number of hydrogen-bond acceptors (Lipinski definition) is 1. The van der Waals surface area contributed by atoms with Crippen molar-refractivity contribution in [3.63, 3.8) is 0 Å². The number of benzene rings is 2. The predicted octanol–water partition coefficient (Wildman–Crippen LogP) is 5.03. The minimum Gasteiger partial charge on any atom is -0.324 e. The summed E-state index contributed by atoms with van der Waals surface area (Å²) < 4.78 is 13.2. The van der Waals surface area contributed by atoms with Crippen LogP contribution in [0.25, 0.3) is 0 Å². The van der Waals surface area contributed by atoms with Gasteiger partial charge in [-0.05, 0) is 47.9 Å². The molecule has 2 aromatic carbocycles. The third kappa shape index (κ3) is 3.61. The molecule has 0 radical (unpaired) electrons. The molecular formula is C14H11Cl3FN. The Morgan fingerprint density at radius 3 is 2.42 bits per heavy atom. The average Bonchev–Trinajstić information content (AvgIpc) is 2.35. The first-order chi connectivity index (χ1) is 8.97.